The fourth-order valence-electron chi connectivity index (χ4n) is 1.89. The van der Waals surface area contributed by atoms with Gasteiger partial charge in [0.2, 0.25) is 0 Å². The second-order valence-electron chi connectivity index (χ2n) is 4.27. The van der Waals surface area contributed by atoms with Crippen LogP contribution in [0.2, 0.25) is 0 Å². The lowest BCUT2D eigenvalue weighted by Crippen LogP contribution is -1.95. The van der Waals surface area contributed by atoms with E-state index in [1.54, 1.807) is 0 Å². The number of nitrogens with one attached hydrogen (secondary N) is 1. The molecule has 0 bridgehead atoms. The molecule has 0 unspecified atom stereocenters. The zero-order valence-electron chi connectivity index (χ0n) is 10.7. The van der Waals surface area contributed by atoms with E-state index in [0.717, 1.165) is 21.1 Å². The van der Waals surface area contributed by atoms with Crippen molar-refractivity contribution >= 4 is 33.2 Å². The van der Waals surface area contributed by atoms with Crippen LogP contribution in [0.5, 0.6) is 0 Å². The molecule has 0 aliphatic rings. The summed E-state index contributed by atoms with van der Waals surface area (Å²) in [5.74, 6) is -1.03. The van der Waals surface area contributed by atoms with Crippen LogP contribution >= 0.6 is 27.3 Å². The van der Waals surface area contributed by atoms with Crippen molar-refractivity contribution < 1.29 is 9.90 Å². The molecule has 0 spiro atoms. The standard InChI is InChI=1S/C14H10BrN3O2S/c15-7-11-12(9-6-10(14(19)20)18-17-9)21-13(16-11)8-4-2-1-3-5-8/h1-6H,7H2,(H,17,18)(H,19,20). The van der Waals surface area contributed by atoms with Gasteiger partial charge in [-0.15, -0.1) is 11.3 Å². The fourth-order valence-corrected chi connectivity index (χ4v) is 3.53. The van der Waals surface area contributed by atoms with E-state index in [1.165, 1.54) is 17.4 Å². The van der Waals surface area contributed by atoms with E-state index in [-0.39, 0.29) is 5.69 Å². The third-order valence-electron chi connectivity index (χ3n) is 2.89. The van der Waals surface area contributed by atoms with Gasteiger partial charge in [-0.3, -0.25) is 5.10 Å². The molecule has 0 fully saturated rings. The minimum Gasteiger partial charge on any atom is -0.477 e. The van der Waals surface area contributed by atoms with Crippen LogP contribution in [0.25, 0.3) is 21.1 Å². The number of aromatic nitrogens is 3. The van der Waals surface area contributed by atoms with Crippen LogP contribution in [0.3, 0.4) is 0 Å². The Labute approximate surface area is 132 Å². The van der Waals surface area contributed by atoms with Crippen LogP contribution in [0.15, 0.2) is 36.4 Å². The molecule has 3 rings (SSSR count). The lowest BCUT2D eigenvalue weighted by atomic mass is 10.2. The van der Waals surface area contributed by atoms with E-state index in [1.807, 2.05) is 30.3 Å². The smallest absolute Gasteiger partial charge is 0.353 e. The zero-order valence-corrected chi connectivity index (χ0v) is 13.1. The van der Waals surface area contributed by atoms with Crippen LogP contribution in [0.1, 0.15) is 16.2 Å². The Hall–Kier alpha value is -1.99. The van der Waals surface area contributed by atoms with E-state index >= 15 is 0 Å². The minimum atomic E-state index is -1.03. The monoisotopic (exact) mass is 363 g/mol. The molecule has 3 aromatic rings. The number of halogens is 1. The second-order valence-corrected chi connectivity index (χ2v) is 5.83. The predicted octanol–water partition coefficient (Wildman–Crippen LogP) is 3.79. The lowest BCUT2D eigenvalue weighted by molar-refractivity contribution is 0.0690. The molecular formula is C14H10BrN3O2S. The Morgan fingerprint density at radius 3 is 2.71 bits per heavy atom. The number of hydrogen-bond acceptors (Lipinski definition) is 4. The maximum atomic E-state index is 10.9. The highest BCUT2D eigenvalue weighted by Gasteiger charge is 2.17. The number of alkyl halides is 1. The van der Waals surface area contributed by atoms with Crippen molar-refractivity contribution in [3.05, 3.63) is 47.8 Å². The Kier molecular flexibility index (Phi) is 3.85. The van der Waals surface area contributed by atoms with Gasteiger partial charge in [0.1, 0.15) is 16.4 Å². The average Bonchev–Trinajstić information content (AvgIpc) is 3.14. The van der Waals surface area contributed by atoms with Gasteiger partial charge in [-0.2, -0.15) is 5.10 Å². The number of benzene rings is 1. The fraction of sp³-hybridized carbons (Fsp3) is 0.0714. The van der Waals surface area contributed by atoms with Crippen LogP contribution < -0.4 is 0 Å². The number of carbonyl (C=O) groups is 1. The summed E-state index contributed by atoms with van der Waals surface area (Å²) in [5.41, 5.74) is 2.55. The maximum Gasteiger partial charge on any atom is 0.353 e. The van der Waals surface area contributed by atoms with E-state index in [2.05, 4.69) is 31.1 Å². The summed E-state index contributed by atoms with van der Waals surface area (Å²) < 4.78 is 0. The van der Waals surface area contributed by atoms with E-state index < -0.39 is 5.97 Å². The SMILES string of the molecule is O=C(O)c1cc(-c2sc(-c3ccccc3)nc2CBr)n[nH]1. The van der Waals surface area contributed by atoms with Crippen molar-refractivity contribution in [3.63, 3.8) is 0 Å². The second kappa shape index (κ2) is 5.79. The third-order valence-corrected chi connectivity index (χ3v) is 4.59. The van der Waals surface area contributed by atoms with Crippen molar-refractivity contribution in [2.75, 3.05) is 0 Å². The summed E-state index contributed by atoms with van der Waals surface area (Å²) in [6.45, 7) is 0. The molecule has 0 aliphatic carbocycles. The molecule has 5 nitrogen and oxygen atoms in total. The normalized spacial score (nSPS) is 10.7. The Balaban J connectivity index is 2.05. The van der Waals surface area contributed by atoms with Crippen molar-refractivity contribution in [1.82, 2.24) is 15.2 Å². The lowest BCUT2D eigenvalue weighted by Gasteiger charge is -1.92. The van der Waals surface area contributed by atoms with Gasteiger partial charge >= 0.3 is 5.97 Å². The van der Waals surface area contributed by atoms with Gasteiger partial charge in [-0.25, -0.2) is 9.78 Å². The van der Waals surface area contributed by atoms with Crippen LogP contribution in [-0.4, -0.2) is 26.3 Å². The number of H-pyrrole nitrogens is 1. The Morgan fingerprint density at radius 2 is 2.10 bits per heavy atom. The van der Waals surface area contributed by atoms with Gasteiger partial charge in [-0.05, 0) is 6.07 Å². The molecule has 1 aromatic carbocycles. The number of aromatic carboxylic acids is 1. The van der Waals surface area contributed by atoms with E-state index in [0.29, 0.717) is 11.0 Å². The predicted molar refractivity (Wildman–Crippen MR) is 84.7 cm³/mol. The van der Waals surface area contributed by atoms with E-state index in [4.69, 9.17) is 5.11 Å². The topological polar surface area (TPSA) is 78.9 Å². The van der Waals surface area contributed by atoms with Crippen LogP contribution in [-0.2, 0) is 5.33 Å². The first kappa shape index (κ1) is 14.0. The van der Waals surface area contributed by atoms with Crippen LogP contribution in [0.4, 0.5) is 0 Å². The van der Waals surface area contributed by atoms with Crippen LogP contribution in [0, 0.1) is 0 Å². The van der Waals surface area contributed by atoms with Gasteiger partial charge in [0.05, 0.1) is 10.6 Å². The van der Waals surface area contributed by atoms with Crippen molar-refractivity contribution in [2.24, 2.45) is 0 Å². The molecule has 2 heterocycles. The zero-order chi connectivity index (χ0) is 14.8. The summed E-state index contributed by atoms with van der Waals surface area (Å²) in [6, 6.07) is 11.4. The highest BCUT2D eigenvalue weighted by molar-refractivity contribution is 9.08. The number of thiazole rings is 1. The third kappa shape index (κ3) is 2.74. The molecule has 106 valence electrons. The molecular weight excluding hydrogens is 354 g/mol. The first-order valence-corrected chi connectivity index (χ1v) is 8.03. The summed E-state index contributed by atoms with van der Waals surface area (Å²) in [6.07, 6.45) is 0. The summed E-state index contributed by atoms with van der Waals surface area (Å²) >= 11 is 4.92. The molecule has 2 N–H and O–H groups in total. The maximum absolute atomic E-state index is 10.9. The molecule has 2 aromatic heterocycles. The molecule has 0 saturated heterocycles. The van der Waals surface area contributed by atoms with Gasteiger partial charge in [0, 0.05) is 10.9 Å². The van der Waals surface area contributed by atoms with E-state index in [9.17, 15) is 4.79 Å². The molecule has 0 atom stereocenters. The number of carboxylic acid groups (broad SMARTS) is 1. The highest BCUT2D eigenvalue weighted by Crippen LogP contribution is 2.35. The summed E-state index contributed by atoms with van der Waals surface area (Å²) in [7, 11) is 0. The highest BCUT2D eigenvalue weighted by atomic mass is 79.9. The number of hydrogen-bond donors (Lipinski definition) is 2. The minimum absolute atomic E-state index is 0.0696. The average molecular weight is 364 g/mol. The Morgan fingerprint density at radius 1 is 1.33 bits per heavy atom. The van der Waals surface area contributed by atoms with Gasteiger partial charge in [-0.1, -0.05) is 46.3 Å². The van der Waals surface area contributed by atoms with Crippen molar-refractivity contribution in [2.45, 2.75) is 5.33 Å². The van der Waals surface area contributed by atoms with Crippen molar-refractivity contribution in [1.29, 1.82) is 0 Å². The van der Waals surface area contributed by atoms with Gasteiger partial charge < -0.3 is 5.11 Å². The molecule has 0 aliphatic heterocycles. The first-order chi connectivity index (χ1) is 10.2. The first-order valence-electron chi connectivity index (χ1n) is 6.09. The number of aromatic amines is 1. The number of rotatable bonds is 4. The summed E-state index contributed by atoms with van der Waals surface area (Å²) in [4.78, 5) is 16.4. The molecule has 0 amide bonds. The Bertz CT molecular complexity index is 783. The van der Waals surface area contributed by atoms with Crippen molar-refractivity contribution in [3.8, 4) is 21.1 Å². The molecule has 0 saturated carbocycles. The number of nitrogens with zero attached hydrogens (tertiary/aromatic N) is 2. The molecule has 21 heavy (non-hydrogen) atoms. The summed E-state index contributed by atoms with van der Waals surface area (Å²) in [5, 5.41) is 17.0. The molecule has 7 heteroatoms. The van der Waals surface area contributed by atoms with Gasteiger partial charge in [0.25, 0.3) is 0 Å². The largest absolute Gasteiger partial charge is 0.477 e. The molecule has 0 radical (unpaired) electrons. The van der Waals surface area contributed by atoms with Gasteiger partial charge in [0.15, 0.2) is 0 Å². The number of carboxylic acids is 1. The quantitative estimate of drug-likeness (QED) is 0.691.